The smallest absolute Gasteiger partial charge is 0.374 e. The molecule has 4 rings (SSSR count). The van der Waals surface area contributed by atoms with Crippen molar-refractivity contribution in [3.05, 3.63) is 70.9 Å². The van der Waals surface area contributed by atoms with E-state index in [1.807, 2.05) is 29.7 Å². The normalized spacial score (nSPS) is 15.1. The Labute approximate surface area is 219 Å². The summed E-state index contributed by atoms with van der Waals surface area (Å²) < 4.78 is 76.6. The van der Waals surface area contributed by atoms with Crippen LogP contribution in [0.1, 0.15) is 24.3 Å². The van der Waals surface area contributed by atoms with E-state index in [0.717, 1.165) is 11.1 Å². The van der Waals surface area contributed by atoms with Crippen molar-refractivity contribution in [2.75, 3.05) is 23.0 Å². The quantitative estimate of drug-likeness (QED) is 0.274. The average molecular weight is 570 g/mol. The lowest BCUT2D eigenvalue weighted by molar-refractivity contribution is -0.677. The van der Waals surface area contributed by atoms with E-state index in [1.165, 1.54) is 0 Å². The molecule has 0 aliphatic carbocycles. The molecule has 1 aliphatic rings. The molecule has 0 unspecified atom stereocenters. The predicted molar refractivity (Wildman–Crippen MR) is 140 cm³/mol. The van der Waals surface area contributed by atoms with Gasteiger partial charge in [0.25, 0.3) is 25.8 Å². The molecular formula is C24H26ClN2O8S2+. The second-order valence-electron chi connectivity index (χ2n) is 8.57. The van der Waals surface area contributed by atoms with Crippen LogP contribution in [0.2, 0.25) is 5.02 Å². The number of rotatable bonds is 10. The van der Waals surface area contributed by atoms with E-state index in [2.05, 4.69) is 0 Å². The molecule has 2 N–H and O–H groups in total. The SMILES string of the molecule is Cc1ccc2c(c1)oc(C=CC=C1Oc3cc(Cl)ccc3N1CCCS(=O)(=O)O)[n+]2CCCS(=O)(=O)O. The van der Waals surface area contributed by atoms with Crippen molar-refractivity contribution >= 4 is 54.7 Å². The first kappa shape index (κ1) is 27.1. The molecule has 0 amide bonds. The third kappa shape index (κ3) is 7.11. The first-order chi connectivity index (χ1) is 17.4. The monoisotopic (exact) mass is 569 g/mol. The summed E-state index contributed by atoms with van der Waals surface area (Å²) in [5.74, 6) is 0.632. The number of fused-ring (bicyclic) bond motifs is 2. The molecule has 1 aliphatic heterocycles. The van der Waals surface area contributed by atoms with Gasteiger partial charge in [0.2, 0.25) is 11.5 Å². The second-order valence-corrected chi connectivity index (χ2v) is 12.2. The maximum Gasteiger partial charge on any atom is 0.374 e. The van der Waals surface area contributed by atoms with Crippen LogP contribution in [0.5, 0.6) is 5.75 Å². The van der Waals surface area contributed by atoms with Crippen LogP contribution in [-0.2, 0) is 26.8 Å². The number of hydrogen-bond acceptors (Lipinski definition) is 7. The standard InChI is InChI=1S/C24H25ClN2O8S2/c1-17-7-9-19-21(15-17)34-23(26(19)11-3-13-36(28,29)30)5-2-6-24-27(12-4-14-37(31,32)33)20-10-8-18(25)16-22(20)35-24/h2,5-10,15-16H,3-4,11-14H2,1H3,(H-,28,29,30,31,32,33)/p+1. The minimum absolute atomic E-state index is 0.169. The summed E-state index contributed by atoms with van der Waals surface area (Å²) in [5, 5.41) is 0.483. The fraction of sp³-hybridized carbons (Fsp3) is 0.292. The number of hydrogen-bond donors (Lipinski definition) is 2. The molecule has 2 heterocycles. The second kappa shape index (κ2) is 10.8. The Kier molecular flexibility index (Phi) is 7.95. The largest absolute Gasteiger partial charge is 0.439 e. The molecule has 37 heavy (non-hydrogen) atoms. The van der Waals surface area contributed by atoms with Crippen molar-refractivity contribution in [2.45, 2.75) is 26.3 Å². The third-order valence-corrected chi connectivity index (χ3v) is 7.47. The third-order valence-electron chi connectivity index (χ3n) is 5.63. The molecular weight excluding hydrogens is 544 g/mol. The predicted octanol–water partition coefficient (Wildman–Crippen LogP) is 3.99. The van der Waals surface area contributed by atoms with Crippen LogP contribution >= 0.6 is 11.6 Å². The average Bonchev–Trinajstić information content (AvgIpc) is 3.29. The summed E-state index contributed by atoms with van der Waals surface area (Å²) in [4.78, 5) is 1.78. The Morgan fingerprint density at radius 2 is 1.76 bits per heavy atom. The van der Waals surface area contributed by atoms with Crippen LogP contribution in [0.4, 0.5) is 5.69 Å². The van der Waals surface area contributed by atoms with E-state index in [4.69, 9.17) is 29.9 Å². The summed E-state index contributed by atoms with van der Waals surface area (Å²) in [7, 11) is -8.19. The van der Waals surface area contributed by atoms with Gasteiger partial charge in [0.1, 0.15) is 0 Å². The van der Waals surface area contributed by atoms with Gasteiger partial charge in [-0.3, -0.25) is 9.11 Å². The van der Waals surface area contributed by atoms with Crippen LogP contribution < -0.4 is 14.2 Å². The first-order valence-corrected chi connectivity index (χ1v) is 15.0. The van der Waals surface area contributed by atoms with Gasteiger partial charge in [0.05, 0.1) is 23.3 Å². The van der Waals surface area contributed by atoms with Gasteiger partial charge in [0.15, 0.2) is 12.3 Å². The molecule has 0 saturated carbocycles. The topological polar surface area (TPSA) is 138 Å². The van der Waals surface area contributed by atoms with Gasteiger partial charge in [-0.1, -0.05) is 17.7 Å². The number of allylic oxidation sites excluding steroid dienone is 2. The molecule has 13 heteroatoms. The maximum atomic E-state index is 11.2. The van der Waals surface area contributed by atoms with Crippen LogP contribution in [-0.4, -0.2) is 44.0 Å². The number of halogens is 1. The molecule has 3 aromatic rings. The highest BCUT2D eigenvalue weighted by Gasteiger charge is 2.27. The van der Waals surface area contributed by atoms with Gasteiger partial charge in [-0.05, 0) is 49.3 Å². The highest BCUT2D eigenvalue weighted by molar-refractivity contribution is 7.86. The van der Waals surface area contributed by atoms with E-state index in [9.17, 15) is 16.8 Å². The highest BCUT2D eigenvalue weighted by atomic mass is 35.5. The van der Waals surface area contributed by atoms with Crippen molar-refractivity contribution in [3.63, 3.8) is 0 Å². The molecule has 10 nitrogen and oxygen atoms in total. The Hall–Kier alpha value is -2.90. The fourth-order valence-electron chi connectivity index (χ4n) is 4.02. The van der Waals surface area contributed by atoms with Crippen LogP contribution in [0.15, 0.2) is 58.9 Å². The zero-order valence-corrected chi connectivity index (χ0v) is 22.3. The number of oxazole rings is 1. The molecule has 198 valence electrons. The summed E-state index contributed by atoms with van der Waals surface area (Å²) >= 11 is 6.09. The Balaban J connectivity index is 1.61. The van der Waals surface area contributed by atoms with E-state index >= 15 is 0 Å². The van der Waals surface area contributed by atoms with E-state index in [0.29, 0.717) is 40.4 Å². The van der Waals surface area contributed by atoms with Crippen LogP contribution in [0, 0.1) is 6.92 Å². The van der Waals surface area contributed by atoms with E-state index in [1.54, 1.807) is 41.3 Å². The molecule has 2 aromatic carbocycles. The zero-order chi connectivity index (χ0) is 26.8. The Morgan fingerprint density at radius 1 is 1.03 bits per heavy atom. The molecule has 1 aromatic heterocycles. The van der Waals surface area contributed by atoms with Crippen molar-refractivity contribution in [1.29, 1.82) is 0 Å². The number of ether oxygens (including phenoxy) is 1. The fourth-order valence-corrected chi connectivity index (χ4v) is 5.17. The van der Waals surface area contributed by atoms with Crippen LogP contribution in [0.3, 0.4) is 0 Å². The van der Waals surface area contributed by atoms with E-state index < -0.39 is 26.0 Å². The number of aryl methyl sites for hydroxylation is 2. The van der Waals surface area contributed by atoms with Gasteiger partial charge in [-0.2, -0.15) is 21.4 Å². The minimum Gasteiger partial charge on any atom is -0.439 e. The van der Waals surface area contributed by atoms with Gasteiger partial charge >= 0.3 is 5.89 Å². The number of anilines is 1. The minimum atomic E-state index is -4.10. The summed E-state index contributed by atoms with van der Waals surface area (Å²) in [6.07, 6.45) is 5.44. The Morgan fingerprint density at radius 3 is 2.49 bits per heavy atom. The van der Waals surface area contributed by atoms with Crippen LogP contribution in [0.25, 0.3) is 17.2 Å². The van der Waals surface area contributed by atoms with Gasteiger partial charge in [0, 0.05) is 30.1 Å². The van der Waals surface area contributed by atoms with Gasteiger partial charge in [-0.25, -0.2) is 0 Å². The Bertz CT molecular complexity index is 1590. The lowest BCUT2D eigenvalue weighted by Gasteiger charge is -2.17. The first-order valence-electron chi connectivity index (χ1n) is 11.4. The summed E-state index contributed by atoms with van der Waals surface area (Å²) in [6, 6.07) is 10.8. The lowest BCUT2D eigenvalue weighted by Crippen LogP contribution is -2.36. The molecule has 0 radical (unpaired) electrons. The number of benzene rings is 2. The lowest BCUT2D eigenvalue weighted by atomic mass is 10.2. The molecule has 0 spiro atoms. The number of nitrogens with zero attached hydrogens (tertiary/aromatic N) is 2. The number of aromatic nitrogens is 1. The van der Waals surface area contributed by atoms with Gasteiger partial charge < -0.3 is 14.1 Å². The molecule has 0 bridgehead atoms. The molecule has 0 fully saturated rings. The maximum absolute atomic E-state index is 11.2. The van der Waals surface area contributed by atoms with Crippen molar-refractivity contribution in [1.82, 2.24) is 0 Å². The zero-order valence-electron chi connectivity index (χ0n) is 19.9. The van der Waals surface area contributed by atoms with Crippen molar-refractivity contribution < 1.29 is 39.7 Å². The van der Waals surface area contributed by atoms with E-state index in [-0.39, 0.29) is 25.1 Å². The van der Waals surface area contributed by atoms with Crippen molar-refractivity contribution in [3.8, 4) is 5.75 Å². The molecule has 0 atom stereocenters. The summed E-state index contributed by atoms with van der Waals surface area (Å²) in [6.45, 7) is 2.50. The highest BCUT2D eigenvalue weighted by Crippen LogP contribution is 2.40. The van der Waals surface area contributed by atoms with Crippen molar-refractivity contribution in [2.24, 2.45) is 0 Å². The summed E-state index contributed by atoms with van der Waals surface area (Å²) in [5.41, 5.74) is 3.11. The molecule has 0 saturated heterocycles. The van der Waals surface area contributed by atoms with Gasteiger partial charge in [-0.15, -0.1) is 0 Å².